The van der Waals surface area contributed by atoms with Gasteiger partial charge in [0.25, 0.3) is 15.9 Å². The van der Waals surface area contributed by atoms with Crippen LogP contribution in [0.3, 0.4) is 0 Å². The quantitative estimate of drug-likeness (QED) is 0.383. The number of aromatic nitrogens is 2. The van der Waals surface area contributed by atoms with E-state index >= 15 is 0 Å². The maximum absolute atomic E-state index is 13.5. The van der Waals surface area contributed by atoms with Gasteiger partial charge < -0.3 is 5.32 Å². The van der Waals surface area contributed by atoms with Gasteiger partial charge in [-0.05, 0) is 50.2 Å². The molecule has 3 aromatic rings. The molecule has 2 aromatic heterocycles. The lowest BCUT2D eigenvalue weighted by Crippen LogP contribution is -2.38. The molecule has 1 aromatic carbocycles. The first kappa shape index (κ1) is 27.5. The van der Waals surface area contributed by atoms with Crippen LogP contribution in [-0.4, -0.2) is 37.4 Å². The number of benzene rings is 1. The van der Waals surface area contributed by atoms with Gasteiger partial charge in [0.05, 0.1) is 26.2 Å². The Morgan fingerprint density at radius 3 is 2.42 bits per heavy atom. The lowest BCUT2D eigenvalue weighted by atomic mass is 10.2. The summed E-state index contributed by atoms with van der Waals surface area (Å²) in [5, 5.41) is 2.19. The van der Waals surface area contributed by atoms with Crippen molar-refractivity contribution in [3.63, 3.8) is 0 Å². The Balaban J connectivity index is 2.06. The highest BCUT2D eigenvalue weighted by Crippen LogP contribution is 2.36. The Morgan fingerprint density at radius 1 is 1.11 bits per heavy atom. The Labute approximate surface area is 215 Å². The average Bonchev–Trinajstić information content (AvgIpc) is 2.78. The summed E-state index contributed by atoms with van der Waals surface area (Å²) in [5.74, 6) is 0.0336. The zero-order valence-corrected chi connectivity index (χ0v) is 21.4. The Bertz CT molecular complexity index is 1400. The molecule has 3 rings (SSSR count). The topological polar surface area (TPSA) is 104 Å². The molecule has 0 unspecified atom stereocenters. The van der Waals surface area contributed by atoms with Gasteiger partial charge in [-0.15, -0.1) is 0 Å². The Kier molecular flexibility index (Phi) is 8.01. The fraction of sp³-hybridized carbons (Fsp3) is 0.227. The number of carbonyl (C=O) groups is 1. The summed E-state index contributed by atoms with van der Waals surface area (Å²) in [6.45, 7) is 3.44. The molecule has 0 atom stereocenters. The molecule has 192 valence electrons. The third-order valence-electron chi connectivity index (χ3n) is 4.83. The predicted molar refractivity (Wildman–Crippen MR) is 132 cm³/mol. The van der Waals surface area contributed by atoms with E-state index in [1.54, 1.807) is 39.1 Å². The summed E-state index contributed by atoms with van der Waals surface area (Å²) in [6, 6.07) is 7.79. The zero-order chi connectivity index (χ0) is 26.8. The minimum Gasteiger partial charge on any atom is -0.373 e. The Morgan fingerprint density at radius 2 is 1.81 bits per heavy atom. The molecule has 14 heteroatoms. The van der Waals surface area contributed by atoms with Crippen molar-refractivity contribution < 1.29 is 26.4 Å². The van der Waals surface area contributed by atoms with E-state index in [-0.39, 0.29) is 22.2 Å². The highest BCUT2D eigenvalue weighted by molar-refractivity contribution is 7.92. The SMILES string of the molecule is CNc1cccc(N(C(=O)c2ncc(Cl)cc2NS(=O)(=O)c2ccc(Cl)c(C(F)(F)F)c2)C(C)C)n1. The van der Waals surface area contributed by atoms with Gasteiger partial charge in [0.15, 0.2) is 5.69 Å². The van der Waals surface area contributed by atoms with Crippen LogP contribution in [0.1, 0.15) is 29.9 Å². The summed E-state index contributed by atoms with van der Waals surface area (Å²) in [5.41, 5.74) is -1.99. The number of anilines is 3. The molecule has 0 saturated heterocycles. The first-order chi connectivity index (χ1) is 16.7. The van der Waals surface area contributed by atoms with Gasteiger partial charge in [0.1, 0.15) is 11.6 Å². The second kappa shape index (κ2) is 10.5. The van der Waals surface area contributed by atoms with E-state index in [9.17, 15) is 26.4 Å². The van der Waals surface area contributed by atoms with Crippen LogP contribution >= 0.6 is 23.2 Å². The number of nitrogens with zero attached hydrogens (tertiary/aromatic N) is 3. The van der Waals surface area contributed by atoms with Gasteiger partial charge in [-0.1, -0.05) is 29.3 Å². The van der Waals surface area contributed by atoms with Gasteiger partial charge >= 0.3 is 6.18 Å². The lowest BCUT2D eigenvalue weighted by Gasteiger charge is -2.26. The largest absolute Gasteiger partial charge is 0.417 e. The third-order valence-corrected chi connectivity index (χ3v) is 6.73. The summed E-state index contributed by atoms with van der Waals surface area (Å²) >= 11 is 11.6. The molecule has 36 heavy (non-hydrogen) atoms. The highest BCUT2D eigenvalue weighted by Gasteiger charge is 2.35. The van der Waals surface area contributed by atoms with Crippen LogP contribution in [0.25, 0.3) is 0 Å². The highest BCUT2D eigenvalue weighted by atomic mass is 35.5. The van der Waals surface area contributed by atoms with Crippen LogP contribution in [0.15, 0.2) is 53.6 Å². The molecule has 0 spiro atoms. The average molecular weight is 562 g/mol. The number of hydrogen-bond donors (Lipinski definition) is 2. The molecule has 2 N–H and O–H groups in total. The lowest BCUT2D eigenvalue weighted by molar-refractivity contribution is -0.137. The standard InChI is InChI=1S/C22H20Cl2F3N5O3S/c1-12(2)32(19-6-4-5-18(28-3)30-19)21(33)20-17(9-13(23)11-29-20)31-36(34,35)14-7-8-16(24)15(10-14)22(25,26)27/h4-12,31H,1-3H3,(H,28,30). The summed E-state index contributed by atoms with van der Waals surface area (Å²) < 4.78 is 67.9. The van der Waals surface area contributed by atoms with Crippen molar-refractivity contribution in [3.8, 4) is 0 Å². The van der Waals surface area contributed by atoms with Gasteiger partial charge in [0.2, 0.25) is 0 Å². The van der Waals surface area contributed by atoms with Crippen molar-refractivity contribution in [2.75, 3.05) is 22.0 Å². The van der Waals surface area contributed by atoms with Crippen LogP contribution < -0.4 is 14.9 Å². The summed E-state index contributed by atoms with van der Waals surface area (Å²) in [7, 11) is -2.96. The number of amides is 1. The van der Waals surface area contributed by atoms with Crippen LogP contribution in [-0.2, 0) is 16.2 Å². The number of rotatable bonds is 7. The fourth-order valence-corrected chi connectivity index (χ4v) is 4.66. The van der Waals surface area contributed by atoms with Crippen molar-refractivity contribution in [3.05, 3.63) is 70.0 Å². The van der Waals surface area contributed by atoms with Crippen LogP contribution in [0, 0.1) is 0 Å². The van der Waals surface area contributed by atoms with E-state index in [4.69, 9.17) is 23.2 Å². The number of alkyl halides is 3. The Hall–Kier alpha value is -3.09. The third kappa shape index (κ3) is 6.00. The van der Waals surface area contributed by atoms with Gasteiger partial charge in [-0.25, -0.2) is 18.4 Å². The normalized spacial score (nSPS) is 11.9. The second-order valence-corrected chi connectivity index (χ2v) is 10.2. The van der Waals surface area contributed by atoms with Gasteiger partial charge in [-0.3, -0.25) is 14.4 Å². The molecule has 0 bridgehead atoms. The van der Waals surface area contributed by atoms with Crippen molar-refractivity contribution >= 4 is 56.5 Å². The van der Waals surface area contributed by atoms with Gasteiger partial charge in [-0.2, -0.15) is 13.2 Å². The number of sulfonamides is 1. The molecule has 0 aliphatic carbocycles. The van der Waals surface area contributed by atoms with Crippen LogP contribution in [0.4, 0.5) is 30.5 Å². The summed E-state index contributed by atoms with van der Waals surface area (Å²) in [4.78, 5) is 22.5. The van der Waals surface area contributed by atoms with Crippen molar-refractivity contribution in [1.29, 1.82) is 0 Å². The first-order valence-corrected chi connectivity index (χ1v) is 12.5. The number of nitrogens with one attached hydrogen (secondary N) is 2. The van der Waals surface area contributed by atoms with E-state index in [0.29, 0.717) is 11.9 Å². The molecule has 2 heterocycles. The zero-order valence-electron chi connectivity index (χ0n) is 19.1. The molecule has 1 amide bonds. The summed E-state index contributed by atoms with van der Waals surface area (Å²) in [6.07, 6.45) is -3.74. The smallest absolute Gasteiger partial charge is 0.373 e. The second-order valence-electron chi connectivity index (χ2n) is 7.69. The maximum atomic E-state index is 13.5. The minimum atomic E-state index is -4.88. The van der Waals surface area contributed by atoms with Crippen molar-refractivity contribution in [1.82, 2.24) is 9.97 Å². The molecule has 0 saturated carbocycles. The fourth-order valence-electron chi connectivity index (χ4n) is 3.19. The van der Waals surface area contributed by atoms with Crippen molar-refractivity contribution in [2.45, 2.75) is 31.0 Å². The van der Waals surface area contributed by atoms with Crippen molar-refractivity contribution in [2.24, 2.45) is 0 Å². The van der Waals surface area contributed by atoms with E-state index in [1.165, 1.54) is 4.90 Å². The number of carbonyl (C=O) groups excluding carboxylic acids is 1. The molecule has 0 aliphatic heterocycles. The van der Waals surface area contributed by atoms with Gasteiger partial charge in [0, 0.05) is 19.3 Å². The van der Waals surface area contributed by atoms with E-state index in [1.807, 2.05) is 0 Å². The molecule has 8 nitrogen and oxygen atoms in total. The number of halogens is 5. The minimum absolute atomic E-state index is 0.0114. The number of hydrogen-bond acceptors (Lipinski definition) is 6. The van der Waals surface area contributed by atoms with Crippen LogP contribution in [0.5, 0.6) is 0 Å². The first-order valence-electron chi connectivity index (χ1n) is 10.3. The molecular weight excluding hydrogens is 542 g/mol. The van der Waals surface area contributed by atoms with E-state index in [2.05, 4.69) is 20.0 Å². The van der Waals surface area contributed by atoms with E-state index in [0.717, 1.165) is 24.4 Å². The molecular formula is C22H20Cl2F3N5O3S. The molecule has 0 fully saturated rings. The van der Waals surface area contributed by atoms with E-state index < -0.39 is 43.6 Å². The van der Waals surface area contributed by atoms with Crippen LogP contribution in [0.2, 0.25) is 10.0 Å². The monoisotopic (exact) mass is 561 g/mol. The molecule has 0 radical (unpaired) electrons. The number of pyridine rings is 2. The molecule has 0 aliphatic rings. The predicted octanol–water partition coefficient (Wildman–Crippen LogP) is 5.70. The maximum Gasteiger partial charge on any atom is 0.417 e.